The Hall–Kier alpha value is -1.59. The van der Waals surface area contributed by atoms with Crippen LogP contribution < -0.4 is 5.73 Å². The summed E-state index contributed by atoms with van der Waals surface area (Å²) in [5, 5.41) is 45.0. The van der Waals surface area contributed by atoms with E-state index in [1.807, 2.05) is 0 Å². The van der Waals surface area contributed by atoms with Crippen LogP contribution in [0.5, 0.6) is 0 Å². The van der Waals surface area contributed by atoms with E-state index in [4.69, 9.17) is 15.6 Å². The molecule has 2 rings (SSSR count). The summed E-state index contributed by atoms with van der Waals surface area (Å²) in [5.41, 5.74) is 4.86. The average Bonchev–Trinajstić information content (AvgIpc) is 2.86. The molecule has 19 heavy (non-hydrogen) atoms. The zero-order valence-corrected chi connectivity index (χ0v) is 9.70. The lowest BCUT2D eigenvalue weighted by Gasteiger charge is -2.39. The second kappa shape index (κ2) is 5.19. The predicted octanol–water partition coefficient (Wildman–Crippen LogP) is -3.65. The maximum absolute atomic E-state index is 10.9. The molecule has 1 aromatic rings. The maximum atomic E-state index is 10.9. The lowest BCUT2D eigenvalue weighted by molar-refractivity contribution is -0.254. The van der Waals surface area contributed by atoms with Crippen molar-refractivity contribution in [2.45, 2.75) is 30.6 Å². The zero-order chi connectivity index (χ0) is 14.2. The summed E-state index contributed by atoms with van der Waals surface area (Å²) in [5.74, 6) is -0.809. The topological polar surface area (TPSA) is 164 Å². The first-order valence-corrected chi connectivity index (χ1v) is 5.48. The van der Waals surface area contributed by atoms with Gasteiger partial charge in [0.25, 0.3) is 5.91 Å². The molecule has 0 unspecified atom stereocenters. The molecule has 0 saturated carbocycles. The van der Waals surface area contributed by atoms with Crippen molar-refractivity contribution in [3.8, 4) is 0 Å². The average molecular weight is 274 g/mol. The molecule has 0 aliphatic carbocycles. The number of carbonyl (C=O) groups is 1. The molecule has 1 aliphatic rings. The van der Waals surface area contributed by atoms with Gasteiger partial charge in [0, 0.05) is 0 Å². The van der Waals surface area contributed by atoms with Crippen LogP contribution in [-0.2, 0) is 4.74 Å². The van der Waals surface area contributed by atoms with Crippen LogP contribution in [-0.4, -0.2) is 72.3 Å². The van der Waals surface area contributed by atoms with Crippen LogP contribution in [0.4, 0.5) is 0 Å². The Kier molecular flexibility index (Phi) is 3.78. The molecule has 1 fully saturated rings. The Balaban J connectivity index is 2.24. The van der Waals surface area contributed by atoms with Crippen molar-refractivity contribution < 1.29 is 30.0 Å². The van der Waals surface area contributed by atoms with E-state index < -0.39 is 43.2 Å². The molecule has 0 radical (unpaired) electrons. The summed E-state index contributed by atoms with van der Waals surface area (Å²) >= 11 is 0. The van der Waals surface area contributed by atoms with Crippen molar-refractivity contribution in [1.29, 1.82) is 0 Å². The van der Waals surface area contributed by atoms with E-state index in [9.17, 15) is 20.1 Å². The van der Waals surface area contributed by atoms with Crippen LogP contribution in [0.3, 0.4) is 0 Å². The van der Waals surface area contributed by atoms with Crippen molar-refractivity contribution in [3.63, 3.8) is 0 Å². The van der Waals surface area contributed by atoms with E-state index in [2.05, 4.69) is 10.3 Å². The van der Waals surface area contributed by atoms with Gasteiger partial charge in [-0.1, -0.05) is 5.21 Å². The van der Waals surface area contributed by atoms with Crippen molar-refractivity contribution in [3.05, 3.63) is 11.9 Å². The maximum Gasteiger partial charge on any atom is 0.270 e. The van der Waals surface area contributed by atoms with E-state index in [0.717, 1.165) is 10.9 Å². The van der Waals surface area contributed by atoms with Gasteiger partial charge in [0.05, 0.1) is 12.8 Å². The number of primary amides is 1. The summed E-state index contributed by atoms with van der Waals surface area (Å²) < 4.78 is 6.20. The molecule has 2 heterocycles. The zero-order valence-electron chi connectivity index (χ0n) is 9.70. The van der Waals surface area contributed by atoms with Gasteiger partial charge < -0.3 is 30.9 Å². The van der Waals surface area contributed by atoms with Crippen LogP contribution in [0, 0.1) is 0 Å². The highest BCUT2D eigenvalue weighted by Gasteiger charge is 2.44. The molecule has 10 nitrogen and oxygen atoms in total. The first-order chi connectivity index (χ1) is 8.95. The molecule has 0 spiro atoms. The molecule has 1 aliphatic heterocycles. The monoisotopic (exact) mass is 274 g/mol. The first kappa shape index (κ1) is 13.8. The van der Waals surface area contributed by atoms with Crippen LogP contribution in [0.25, 0.3) is 0 Å². The quantitative estimate of drug-likeness (QED) is 0.376. The minimum Gasteiger partial charge on any atom is -0.394 e. The van der Waals surface area contributed by atoms with Crippen molar-refractivity contribution in [1.82, 2.24) is 15.0 Å². The fourth-order valence-corrected chi connectivity index (χ4v) is 1.81. The predicted molar refractivity (Wildman–Crippen MR) is 57.6 cm³/mol. The van der Waals surface area contributed by atoms with Crippen molar-refractivity contribution in [2.75, 3.05) is 6.61 Å². The first-order valence-electron chi connectivity index (χ1n) is 5.48. The summed E-state index contributed by atoms with van der Waals surface area (Å²) in [6.07, 6.45) is -5.62. The fourth-order valence-electron chi connectivity index (χ4n) is 1.81. The molecule has 0 bridgehead atoms. The number of hydrogen-bond donors (Lipinski definition) is 5. The van der Waals surface area contributed by atoms with Gasteiger partial charge in [-0.15, -0.1) is 5.10 Å². The molecule has 5 atom stereocenters. The molecule has 1 amide bonds. The van der Waals surface area contributed by atoms with Crippen molar-refractivity contribution >= 4 is 5.91 Å². The van der Waals surface area contributed by atoms with Gasteiger partial charge in [0.15, 0.2) is 11.9 Å². The number of aromatic nitrogens is 3. The van der Waals surface area contributed by atoms with Gasteiger partial charge >= 0.3 is 0 Å². The molecule has 10 heteroatoms. The largest absolute Gasteiger partial charge is 0.394 e. The number of aliphatic hydroxyl groups is 4. The highest BCUT2D eigenvalue weighted by Crippen LogP contribution is 2.27. The minimum atomic E-state index is -1.53. The smallest absolute Gasteiger partial charge is 0.270 e. The number of rotatable bonds is 3. The third-order valence-electron chi connectivity index (χ3n) is 2.89. The third-order valence-corrected chi connectivity index (χ3v) is 2.89. The number of carbonyl (C=O) groups excluding carboxylic acids is 1. The van der Waals surface area contributed by atoms with E-state index in [-0.39, 0.29) is 5.69 Å². The van der Waals surface area contributed by atoms with Gasteiger partial charge in [-0.05, 0) is 0 Å². The lowest BCUT2D eigenvalue weighted by atomic mass is 9.98. The highest BCUT2D eigenvalue weighted by molar-refractivity contribution is 5.90. The second-order valence-electron chi connectivity index (χ2n) is 4.17. The normalized spacial score (nSPS) is 35.3. The summed E-state index contributed by atoms with van der Waals surface area (Å²) in [6, 6.07) is 0. The Morgan fingerprint density at radius 2 is 2.05 bits per heavy atom. The van der Waals surface area contributed by atoms with Gasteiger partial charge in [0.1, 0.15) is 24.4 Å². The van der Waals surface area contributed by atoms with E-state index in [1.54, 1.807) is 0 Å². The number of aliphatic hydroxyl groups excluding tert-OH is 4. The number of nitrogens with zero attached hydrogens (tertiary/aromatic N) is 3. The van der Waals surface area contributed by atoms with Crippen LogP contribution in [0.1, 0.15) is 16.7 Å². The number of nitrogens with two attached hydrogens (primary N) is 1. The van der Waals surface area contributed by atoms with Gasteiger partial charge in [-0.2, -0.15) is 0 Å². The summed E-state index contributed by atoms with van der Waals surface area (Å²) in [6.45, 7) is -0.557. The molecule has 106 valence electrons. The van der Waals surface area contributed by atoms with Crippen LogP contribution >= 0.6 is 0 Å². The lowest BCUT2D eigenvalue weighted by Crippen LogP contribution is -2.56. The van der Waals surface area contributed by atoms with Gasteiger partial charge in [-0.25, -0.2) is 4.68 Å². The van der Waals surface area contributed by atoms with Crippen LogP contribution in [0.15, 0.2) is 6.20 Å². The van der Waals surface area contributed by atoms with E-state index in [0.29, 0.717) is 0 Å². The molecular formula is C9H14N4O6. The second-order valence-corrected chi connectivity index (χ2v) is 4.17. The molecule has 0 aromatic carbocycles. The molecule has 6 N–H and O–H groups in total. The highest BCUT2D eigenvalue weighted by atomic mass is 16.6. The van der Waals surface area contributed by atoms with E-state index >= 15 is 0 Å². The summed E-state index contributed by atoms with van der Waals surface area (Å²) in [4.78, 5) is 10.9. The van der Waals surface area contributed by atoms with Crippen molar-refractivity contribution in [2.24, 2.45) is 5.73 Å². The van der Waals surface area contributed by atoms with Gasteiger partial charge in [0.2, 0.25) is 0 Å². The number of hydrogen-bond acceptors (Lipinski definition) is 8. The Labute approximate surface area is 107 Å². The number of ether oxygens (including phenoxy) is 1. The minimum absolute atomic E-state index is 0.142. The Morgan fingerprint density at radius 3 is 2.58 bits per heavy atom. The molecule has 1 aromatic heterocycles. The standard InChI is InChI=1S/C9H14N4O6/c10-8(18)3-1-13(12-11-3)9-7(17)6(16)5(15)4(2-14)19-9/h1,4-7,9,14-17H,2H2,(H2,10,18)/t4-,5+,6+,7-,9-/m1/s1. The molecular weight excluding hydrogens is 260 g/mol. The summed E-state index contributed by atoms with van der Waals surface area (Å²) in [7, 11) is 0. The third kappa shape index (κ3) is 2.43. The van der Waals surface area contributed by atoms with Crippen LogP contribution in [0.2, 0.25) is 0 Å². The SMILES string of the molecule is NC(=O)c1cn([C@@H]2O[C@H](CO)[C@H](O)[C@H](O)[C@H]2O)nn1. The Bertz CT molecular complexity index is 463. The fraction of sp³-hybridized carbons (Fsp3) is 0.667. The Morgan fingerprint density at radius 1 is 1.37 bits per heavy atom. The molecule has 1 saturated heterocycles. The number of amides is 1. The van der Waals surface area contributed by atoms with E-state index in [1.165, 1.54) is 0 Å². The van der Waals surface area contributed by atoms with Gasteiger partial charge in [-0.3, -0.25) is 4.79 Å².